The Bertz CT molecular complexity index is 3720. The predicted octanol–water partition coefficient (Wildman–Crippen LogP) is 17.9. The Morgan fingerprint density at radius 2 is 0.831 bits per heavy atom. The first kappa shape index (κ1) is 36.5. The van der Waals surface area contributed by atoms with Gasteiger partial charge < -0.3 is 0 Å². The van der Waals surface area contributed by atoms with Crippen LogP contribution in [-0.4, -0.2) is 0 Å². The quantitative estimate of drug-likeness (QED) is 0.155. The summed E-state index contributed by atoms with van der Waals surface area (Å²) in [6, 6.07) is 74.4. The maximum absolute atomic E-state index is 2.52. The lowest BCUT2D eigenvalue weighted by Crippen LogP contribution is -2.55. The van der Waals surface area contributed by atoms with Crippen LogP contribution in [0, 0.1) is 23.7 Å². The van der Waals surface area contributed by atoms with Crippen LogP contribution >= 0.6 is 11.3 Å². The lowest BCUT2D eigenvalue weighted by Gasteiger charge is -2.61. The first-order valence-corrected chi connectivity index (χ1v) is 24.7. The van der Waals surface area contributed by atoms with Crippen molar-refractivity contribution in [3.63, 3.8) is 0 Å². The molecule has 0 unspecified atom stereocenters. The van der Waals surface area contributed by atoms with Crippen LogP contribution < -0.4 is 0 Å². The van der Waals surface area contributed by atoms with Gasteiger partial charge in [-0.25, -0.2) is 0 Å². The molecule has 16 rings (SSSR count). The standard InChI is InChI=1S/C64H46S/c1-2-15-44(43(14-1)45-24-13-25-55-47(45)29-30-56-48-17-9-11-26-58(48)64(63(55)56)41-33-38-32-39(35-41)36-42(64)34-38)46-16-3-4-19-50(46)62-53-22-7-5-20-51(53)61(52-21-6-8-23-54(52)62)40-28-31-60-57(37-40)49-18-10-12-27-59(49)65-60/h1-31,37-39,41-42H,32-36H2. The zero-order valence-corrected chi connectivity index (χ0v) is 37.0. The highest BCUT2D eigenvalue weighted by Crippen LogP contribution is 2.70. The molecule has 4 bridgehead atoms. The summed E-state index contributed by atoms with van der Waals surface area (Å²) in [4.78, 5) is 0. The minimum atomic E-state index is 0.112. The molecule has 65 heavy (non-hydrogen) atoms. The number of rotatable bonds is 4. The molecule has 1 heterocycles. The summed E-state index contributed by atoms with van der Waals surface area (Å²) in [6.45, 7) is 0. The maximum atomic E-state index is 2.52. The first-order chi connectivity index (χ1) is 32.2. The second kappa shape index (κ2) is 13.6. The van der Waals surface area contributed by atoms with Crippen molar-refractivity contribution in [2.75, 3.05) is 0 Å². The normalized spacial score (nSPS) is 21.6. The van der Waals surface area contributed by atoms with Crippen LogP contribution in [0.4, 0.5) is 0 Å². The molecule has 0 nitrogen and oxygen atoms in total. The first-order valence-electron chi connectivity index (χ1n) is 23.9. The lowest BCUT2D eigenvalue weighted by molar-refractivity contribution is -0.0393. The second-order valence-electron chi connectivity index (χ2n) is 19.8. The predicted molar refractivity (Wildman–Crippen MR) is 277 cm³/mol. The number of hydrogen-bond acceptors (Lipinski definition) is 1. The van der Waals surface area contributed by atoms with E-state index in [0.29, 0.717) is 0 Å². The van der Waals surface area contributed by atoms with Gasteiger partial charge in [0, 0.05) is 25.6 Å². The van der Waals surface area contributed by atoms with Gasteiger partial charge in [0.25, 0.3) is 0 Å². The zero-order chi connectivity index (χ0) is 42.4. The van der Waals surface area contributed by atoms with Crippen molar-refractivity contribution in [2.45, 2.75) is 37.5 Å². The molecule has 5 aliphatic carbocycles. The largest absolute Gasteiger partial charge is 0.135 e. The van der Waals surface area contributed by atoms with Crippen LogP contribution in [0.5, 0.6) is 0 Å². The van der Waals surface area contributed by atoms with Gasteiger partial charge in [-0.05, 0) is 173 Å². The Morgan fingerprint density at radius 3 is 1.52 bits per heavy atom. The van der Waals surface area contributed by atoms with Gasteiger partial charge in [-0.3, -0.25) is 0 Å². The monoisotopic (exact) mass is 846 g/mol. The minimum absolute atomic E-state index is 0.112. The van der Waals surface area contributed by atoms with Crippen molar-refractivity contribution in [3.05, 3.63) is 205 Å². The summed E-state index contributed by atoms with van der Waals surface area (Å²) in [6.07, 6.45) is 7.03. The molecule has 10 aromatic carbocycles. The van der Waals surface area contributed by atoms with Gasteiger partial charge in [-0.1, -0.05) is 176 Å². The Kier molecular flexibility index (Phi) is 7.65. The van der Waals surface area contributed by atoms with Gasteiger partial charge in [0.2, 0.25) is 0 Å². The molecule has 0 radical (unpaired) electrons. The fraction of sp³-hybridized carbons (Fsp3) is 0.156. The summed E-state index contributed by atoms with van der Waals surface area (Å²) in [5.74, 6) is 3.28. The molecule has 5 aliphatic rings. The van der Waals surface area contributed by atoms with Crippen LogP contribution in [0.25, 0.3) is 108 Å². The van der Waals surface area contributed by atoms with Gasteiger partial charge in [0.15, 0.2) is 0 Å². The van der Waals surface area contributed by atoms with Crippen molar-refractivity contribution >= 4 is 63.8 Å². The zero-order valence-electron chi connectivity index (χ0n) is 36.2. The van der Waals surface area contributed by atoms with Crippen LogP contribution in [0.1, 0.15) is 43.2 Å². The van der Waals surface area contributed by atoms with Crippen LogP contribution in [0.2, 0.25) is 0 Å². The van der Waals surface area contributed by atoms with E-state index >= 15 is 0 Å². The molecular weight excluding hydrogens is 801 g/mol. The van der Waals surface area contributed by atoms with E-state index in [9.17, 15) is 0 Å². The topological polar surface area (TPSA) is 0 Å². The third kappa shape index (κ3) is 4.97. The average Bonchev–Trinajstić information content (AvgIpc) is 3.88. The molecule has 4 fully saturated rings. The lowest BCUT2D eigenvalue weighted by atomic mass is 9.43. The van der Waals surface area contributed by atoms with E-state index in [1.54, 1.807) is 11.1 Å². The number of benzene rings is 10. The summed E-state index contributed by atoms with van der Waals surface area (Å²) in [5, 5.41) is 10.6. The van der Waals surface area contributed by atoms with Crippen molar-refractivity contribution < 1.29 is 0 Å². The van der Waals surface area contributed by atoms with E-state index in [1.165, 1.54) is 140 Å². The third-order valence-corrected chi connectivity index (χ3v) is 18.0. The molecular formula is C64H46S. The highest BCUT2D eigenvalue weighted by atomic mass is 32.1. The third-order valence-electron chi connectivity index (χ3n) is 16.9. The van der Waals surface area contributed by atoms with Gasteiger partial charge in [0.05, 0.1) is 0 Å². The summed E-state index contributed by atoms with van der Waals surface area (Å²) < 4.78 is 2.67. The molecule has 0 atom stereocenters. The van der Waals surface area contributed by atoms with Gasteiger partial charge in [0.1, 0.15) is 0 Å². The minimum Gasteiger partial charge on any atom is -0.135 e. The fourth-order valence-corrected chi connectivity index (χ4v) is 15.8. The van der Waals surface area contributed by atoms with E-state index in [1.807, 2.05) is 11.3 Å². The molecule has 1 spiro atoms. The summed E-state index contributed by atoms with van der Waals surface area (Å²) in [7, 11) is 0. The van der Waals surface area contributed by atoms with E-state index in [4.69, 9.17) is 0 Å². The smallest absolute Gasteiger partial charge is 0.0355 e. The van der Waals surface area contributed by atoms with Gasteiger partial charge in [-0.15, -0.1) is 11.3 Å². The van der Waals surface area contributed by atoms with E-state index in [2.05, 4.69) is 194 Å². The van der Waals surface area contributed by atoms with Crippen LogP contribution in [0.15, 0.2) is 194 Å². The number of thiophene rings is 1. The van der Waals surface area contributed by atoms with Gasteiger partial charge >= 0.3 is 0 Å². The van der Waals surface area contributed by atoms with Crippen LogP contribution in [0.3, 0.4) is 0 Å². The molecule has 1 aromatic heterocycles. The highest BCUT2D eigenvalue weighted by molar-refractivity contribution is 7.25. The average molecular weight is 847 g/mol. The van der Waals surface area contributed by atoms with Crippen molar-refractivity contribution in [3.8, 4) is 55.6 Å². The summed E-state index contributed by atoms with van der Waals surface area (Å²) in [5.41, 5.74) is 16.6. The molecule has 0 N–H and O–H groups in total. The second-order valence-corrected chi connectivity index (χ2v) is 20.9. The van der Waals surface area contributed by atoms with Crippen molar-refractivity contribution in [2.24, 2.45) is 23.7 Å². The Morgan fingerprint density at radius 1 is 0.323 bits per heavy atom. The Balaban J connectivity index is 0.941. The Labute approximate surface area is 383 Å². The van der Waals surface area contributed by atoms with Crippen molar-refractivity contribution in [1.29, 1.82) is 0 Å². The molecule has 0 saturated heterocycles. The Hall–Kier alpha value is -6.80. The SMILES string of the molecule is c1ccc(-c2cccc3c4c(ccc23)-c2ccccc2C42C3CC4CC(C3)CC2C4)c(-c2ccccc2-c2c3ccccc3c(-c3ccc4sc5ccccc5c4c3)c3ccccc23)c1. The van der Waals surface area contributed by atoms with Crippen molar-refractivity contribution in [1.82, 2.24) is 0 Å². The molecule has 11 aromatic rings. The fourth-order valence-electron chi connectivity index (χ4n) is 14.8. The van der Waals surface area contributed by atoms with Gasteiger partial charge in [-0.2, -0.15) is 0 Å². The van der Waals surface area contributed by atoms with E-state index in [-0.39, 0.29) is 5.41 Å². The molecule has 0 amide bonds. The molecule has 0 aliphatic heterocycles. The van der Waals surface area contributed by atoms with Crippen LogP contribution in [-0.2, 0) is 5.41 Å². The number of hydrogen-bond donors (Lipinski definition) is 0. The molecule has 308 valence electrons. The number of fused-ring (bicyclic) bond motifs is 10. The van der Waals surface area contributed by atoms with E-state index < -0.39 is 0 Å². The molecule has 1 heteroatoms. The summed E-state index contributed by atoms with van der Waals surface area (Å²) >= 11 is 1.88. The highest BCUT2D eigenvalue weighted by Gasteiger charge is 2.62. The van der Waals surface area contributed by atoms with E-state index in [0.717, 1.165) is 23.7 Å². The maximum Gasteiger partial charge on any atom is 0.0355 e. The molecule has 4 saturated carbocycles.